The number of aliphatic hydroxyl groups excluding tert-OH is 1. The maximum atomic E-state index is 12.3. The maximum Gasteiger partial charge on any atom is 0.410 e. The predicted molar refractivity (Wildman–Crippen MR) is 84.3 cm³/mol. The molecule has 0 radical (unpaired) electrons. The Morgan fingerprint density at radius 1 is 1.36 bits per heavy atom. The molecule has 1 amide bonds. The highest BCUT2D eigenvalue weighted by molar-refractivity contribution is 5.69. The van der Waals surface area contributed by atoms with Crippen molar-refractivity contribution < 1.29 is 14.6 Å². The summed E-state index contributed by atoms with van der Waals surface area (Å²) in [7, 11) is 0. The van der Waals surface area contributed by atoms with Gasteiger partial charge in [-0.15, -0.1) is 0 Å². The van der Waals surface area contributed by atoms with Crippen LogP contribution in [0.4, 0.5) is 4.79 Å². The van der Waals surface area contributed by atoms with Gasteiger partial charge in [-0.05, 0) is 39.3 Å². The molecular formula is C17H24N2O3. The quantitative estimate of drug-likeness (QED) is 0.872. The van der Waals surface area contributed by atoms with Crippen molar-refractivity contribution in [2.45, 2.75) is 51.9 Å². The van der Waals surface area contributed by atoms with E-state index >= 15 is 0 Å². The molecule has 1 aliphatic heterocycles. The SMILES string of the molecule is CC(C)(C)OC(=O)N1CC=CCC1Cc1cccc(CO)n1. The normalized spacial score (nSPS) is 18.4. The summed E-state index contributed by atoms with van der Waals surface area (Å²) in [6.45, 7) is 6.08. The first-order valence-electron chi connectivity index (χ1n) is 7.59. The molecule has 1 aromatic heterocycles. The zero-order chi connectivity index (χ0) is 16.2. The van der Waals surface area contributed by atoms with Crippen LogP contribution in [-0.2, 0) is 17.8 Å². The molecule has 22 heavy (non-hydrogen) atoms. The Kier molecular flexibility index (Phi) is 5.19. The molecule has 120 valence electrons. The van der Waals surface area contributed by atoms with E-state index in [9.17, 15) is 9.90 Å². The number of pyridine rings is 1. The maximum absolute atomic E-state index is 12.3. The van der Waals surface area contributed by atoms with Crippen LogP contribution in [-0.4, -0.2) is 39.3 Å². The van der Waals surface area contributed by atoms with Crippen LogP contribution in [0.3, 0.4) is 0 Å². The third-order valence-corrected chi connectivity index (χ3v) is 3.42. The van der Waals surface area contributed by atoms with Crippen molar-refractivity contribution in [2.24, 2.45) is 0 Å². The zero-order valence-corrected chi connectivity index (χ0v) is 13.5. The van der Waals surface area contributed by atoms with Gasteiger partial charge < -0.3 is 14.7 Å². The van der Waals surface area contributed by atoms with E-state index in [0.29, 0.717) is 18.7 Å². The fourth-order valence-corrected chi connectivity index (χ4v) is 2.43. The zero-order valence-electron chi connectivity index (χ0n) is 13.5. The van der Waals surface area contributed by atoms with E-state index in [-0.39, 0.29) is 18.7 Å². The molecule has 2 rings (SSSR count). The van der Waals surface area contributed by atoms with Gasteiger partial charge in [0, 0.05) is 24.7 Å². The number of ether oxygens (including phenoxy) is 1. The van der Waals surface area contributed by atoms with Gasteiger partial charge in [0.15, 0.2) is 0 Å². The van der Waals surface area contributed by atoms with Gasteiger partial charge in [0.05, 0.1) is 12.3 Å². The molecule has 1 aliphatic rings. The molecule has 1 aromatic rings. The first-order valence-corrected chi connectivity index (χ1v) is 7.59. The van der Waals surface area contributed by atoms with Crippen LogP contribution in [0.5, 0.6) is 0 Å². The van der Waals surface area contributed by atoms with Crippen molar-refractivity contribution in [1.29, 1.82) is 0 Å². The molecule has 0 saturated heterocycles. The molecule has 2 heterocycles. The van der Waals surface area contributed by atoms with Gasteiger partial charge in [0.1, 0.15) is 5.60 Å². The van der Waals surface area contributed by atoms with E-state index in [4.69, 9.17) is 4.74 Å². The van der Waals surface area contributed by atoms with E-state index in [1.807, 2.05) is 39.0 Å². The molecule has 0 bridgehead atoms. The molecule has 5 nitrogen and oxygen atoms in total. The van der Waals surface area contributed by atoms with Crippen LogP contribution in [0, 0.1) is 0 Å². The Labute approximate surface area is 131 Å². The van der Waals surface area contributed by atoms with Crippen LogP contribution < -0.4 is 0 Å². The number of carbonyl (C=O) groups is 1. The highest BCUT2D eigenvalue weighted by atomic mass is 16.6. The molecule has 0 aromatic carbocycles. The molecule has 0 spiro atoms. The van der Waals surface area contributed by atoms with Gasteiger partial charge in [-0.25, -0.2) is 4.79 Å². The van der Waals surface area contributed by atoms with E-state index in [1.165, 1.54) is 0 Å². The highest BCUT2D eigenvalue weighted by Gasteiger charge is 2.29. The molecule has 0 saturated carbocycles. The van der Waals surface area contributed by atoms with E-state index in [1.54, 1.807) is 11.0 Å². The van der Waals surface area contributed by atoms with Gasteiger partial charge in [-0.1, -0.05) is 18.2 Å². The first kappa shape index (κ1) is 16.5. The van der Waals surface area contributed by atoms with Crippen LogP contribution >= 0.6 is 0 Å². The second-order valence-electron chi connectivity index (χ2n) is 6.48. The van der Waals surface area contributed by atoms with Gasteiger partial charge in [-0.3, -0.25) is 4.98 Å². The molecule has 0 aliphatic carbocycles. The van der Waals surface area contributed by atoms with Gasteiger partial charge in [-0.2, -0.15) is 0 Å². The molecule has 0 fully saturated rings. The second-order valence-corrected chi connectivity index (χ2v) is 6.48. The minimum Gasteiger partial charge on any atom is -0.444 e. The Morgan fingerprint density at radius 2 is 2.09 bits per heavy atom. The van der Waals surface area contributed by atoms with Gasteiger partial charge in [0.25, 0.3) is 0 Å². The van der Waals surface area contributed by atoms with Crippen molar-refractivity contribution in [3.8, 4) is 0 Å². The number of nitrogens with zero attached hydrogens (tertiary/aromatic N) is 2. The minimum atomic E-state index is -0.502. The van der Waals surface area contributed by atoms with Crippen LogP contribution in [0.1, 0.15) is 38.6 Å². The summed E-state index contributed by atoms with van der Waals surface area (Å²) in [6, 6.07) is 5.62. The molecule has 1 N–H and O–H groups in total. The lowest BCUT2D eigenvalue weighted by Crippen LogP contribution is -2.45. The number of rotatable bonds is 3. The average molecular weight is 304 g/mol. The smallest absolute Gasteiger partial charge is 0.410 e. The van der Waals surface area contributed by atoms with Crippen LogP contribution in [0.15, 0.2) is 30.4 Å². The highest BCUT2D eigenvalue weighted by Crippen LogP contribution is 2.19. The molecular weight excluding hydrogens is 280 g/mol. The molecule has 1 atom stereocenters. The summed E-state index contributed by atoms with van der Waals surface area (Å²) >= 11 is 0. The van der Waals surface area contributed by atoms with Gasteiger partial charge in [0.2, 0.25) is 0 Å². The number of hydrogen-bond donors (Lipinski definition) is 1. The largest absolute Gasteiger partial charge is 0.444 e. The predicted octanol–water partition coefficient (Wildman–Crippen LogP) is 2.68. The third kappa shape index (κ3) is 4.56. The lowest BCUT2D eigenvalue weighted by molar-refractivity contribution is 0.0178. The second kappa shape index (κ2) is 6.92. The minimum absolute atomic E-state index is 0.0290. The summed E-state index contributed by atoms with van der Waals surface area (Å²) in [4.78, 5) is 18.5. The Bertz CT molecular complexity index is 549. The van der Waals surface area contributed by atoms with E-state index < -0.39 is 5.60 Å². The van der Waals surface area contributed by atoms with Crippen molar-refractivity contribution in [3.63, 3.8) is 0 Å². The molecule has 1 unspecified atom stereocenters. The average Bonchev–Trinajstić information content (AvgIpc) is 2.46. The number of hydrogen-bond acceptors (Lipinski definition) is 4. The summed E-state index contributed by atoms with van der Waals surface area (Å²) in [5.74, 6) is 0. The fourth-order valence-electron chi connectivity index (χ4n) is 2.43. The standard InChI is InChI=1S/C17H24N2O3/c1-17(2,3)22-16(21)19-10-5-4-9-15(19)11-13-7-6-8-14(12-20)18-13/h4-8,15,20H,9-12H2,1-3H3. The number of aliphatic hydroxyl groups is 1. The number of aromatic nitrogens is 1. The lowest BCUT2D eigenvalue weighted by atomic mass is 10.0. The van der Waals surface area contributed by atoms with Crippen molar-refractivity contribution in [3.05, 3.63) is 41.7 Å². The van der Waals surface area contributed by atoms with Crippen molar-refractivity contribution in [2.75, 3.05) is 6.54 Å². The third-order valence-electron chi connectivity index (χ3n) is 3.42. The Hall–Kier alpha value is -1.88. The topological polar surface area (TPSA) is 62.7 Å². The van der Waals surface area contributed by atoms with E-state index in [0.717, 1.165) is 12.1 Å². The van der Waals surface area contributed by atoms with Gasteiger partial charge >= 0.3 is 6.09 Å². The number of amides is 1. The summed E-state index contributed by atoms with van der Waals surface area (Å²) in [5, 5.41) is 9.18. The monoisotopic (exact) mass is 304 g/mol. The van der Waals surface area contributed by atoms with Crippen LogP contribution in [0.2, 0.25) is 0 Å². The first-order chi connectivity index (χ1) is 10.4. The number of carbonyl (C=O) groups excluding carboxylic acids is 1. The van der Waals surface area contributed by atoms with Crippen LogP contribution in [0.25, 0.3) is 0 Å². The summed E-state index contributed by atoms with van der Waals surface area (Å²) in [6.07, 6.45) is 5.21. The summed E-state index contributed by atoms with van der Waals surface area (Å²) in [5.41, 5.74) is 1.02. The van der Waals surface area contributed by atoms with Crippen molar-refractivity contribution >= 4 is 6.09 Å². The Morgan fingerprint density at radius 3 is 2.77 bits per heavy atom. The Balaban J connectivity index is 2.09. The fraction of sp³-hybridized carbons (Fsp3) is 0.529. The molecule has 5 heteroatoms. The lowest BCUT2D eigenvalue weighted by Gasteiger charge is -2.34. The summed E-state index contributed by atoms with van der Waals surface area (Å²) < 4.78 is 5.48. The van der Waals surface area contributed by atoms with Crippen molar-refractivity contribution in [1.82, 2.24) is 9.88 Å². The van der Waals surface area contributed by atoms with E-state index in [2.05, 4.69) is 11.1 Å².